The summed E-state index contributed by atoms with van der Waals surface area (Å²) in [7, 11) is 4.69. The molecular weight excluding hydrogens is 1330 g/mol. The summed E-state index contributed by atoms with van der Waals surface area (Å²) in [6.07, 6.45) is 6.90. The molecule has 1 aliphatic carbocycles. The van der Waals surface area contributed by atoms with Crippen LogP contribution in [-0.4, -0.2) is 193 Å². The Morgan fingerprint density at radius 3 is 2.17 bits per heavy atom. The summed E-state index contributed by atoms with van der Waals surface area (Å²) < 4.78 is 28.4. The minimum absolute atomic E-state index is 0.00969. The van der Waals surface area contributed by atoms with Crippen molar-refractivity contribution in [3.05, 3.63) is 76.2 Å². The predicted octanol–water partition coefficient (Wildman–Crippen LogP) is 6.51. The Labute approximate surface area is 602 Å². The molecule has 560 valence electrons. The molecule has 3 aliphatic rings. The third-order valence-corrected chi connectivity index (χ3v) is 19.7. The molecule has 30 heteroatoms. The van der Waals surface area contributed by atoms with Crippen LogP contribution in [0.4, 0.5) is 30.6 Å². The lowest BCUT2D eigenvalue weighted by Gasteiger charge is -2.41. The van der Waals surface area contributed by atoms with Crippen LogP contribution in [-0.2, 0) is 70.3 Å². The fourth-order valence-electron chi connectivity index (χ4n) is 13.5. The largest absolute Gasteiger partial charge is 0.444 e. The van der Waals surface area contributed by atoms with E-state index >= 15 is 4.79 Å². The Balaban J connectivity index is 1.17. The van der Waals surface area contributed by atoms with Crippen LogP contribution in [0, 0.1) is 41.9 Å². The van der Waals surface area contributed by atoms with Gasteiger partial charge in [0.15, 0.2) is 6.61 Å². The molecule has 6 rings (SSSR count). The molecule has 2 saturated heterocycles. The summed E-state index contributed by atoms with van der Waals surface area (Å²) in [5.74, 6) is -3.61. The number of fused-ring (bicyclic) bond motifs is 2. The van der Waals surface area contributed by atoms with Gasteiger partial charge in [-0.3, -0.25) is 38.5 Å². The SMILES string of the molecule is C#CCOC(=O)NCC(=O)Nc1cc(NC(=O)[C@H](CCCNC(N)=O)NC(=O)[C@@H](NC(=O)OC(C)(C)C)C(C)C)ccc1COC(=O)N1[C@@H]2CC[C@@H](C2)[C@H]1C(=O)N[C@H](C(=O)N(C)[C@@H]([C@@H](C)CC)[C@@H](CC(=O)N1CCC[C@H]1[C@H](OC)[C@@H](C)C(=O)N[C@@H](Cc1ccccc1)c1nccs1)OC)C(C)C. The number of likely N-dealkylation sites (N-methyl/N-ethyl adjacent to an activating group) is 1. The second-order valence-corrected chi connectivity index (χ2v) is 28.9. The van der Waals surface area contributed by atoms with Crippen molar-refractivity contribution in [1.82, 2.24) is 51.6 Å². The number of methoxy groups -OCH3 is 2. The molecule has 2 aromatic carbocycles. The van der Waals surface area contributed by atoms with Gasteiger partial charge in [0.25, 0.3) is 0 Å². The molecule has 2 bridgehead atoms. The van der Waals surface area contributed by atoms with Crippen molar-refractivity contribution in [2.75, 3.05) is 58.1 Å². The van der Waals surface area contributed by atoms with E-state index in [2.05, 4.69) is 53.4 Å². The number of likely N-dealkylation sites (tertiary alicyclic amines) is 2. The lowest BCUT2D eigenvalue weighted by Crippen LogP contribution is -2.60. The number of carbonyl (C=O) groups is 11. The van der Waals surface area contributed by atoms with Crippen LogP contribution in [0.5, 0.6) is 0 Å². The van der Waals surface area contributed by atoms with E-state index < -0.39 is 145 Å². The summed E-state index contributed by atoms with van der Waals surface area (Å²) in [5.41, 5.74) is 5.73. The zero-order valence-electron chi connectivity index (χ0n) is 60.9. The Kier molecular flexibility index (Phi) is 31.2. The fourth-order valence-corrected chi connectivity index (χ4v) is 14.2. The van der Waals surface area contributed by atoms with Gasteiger partial charge in [0.1, 0.15) is 47.9 Å². The van der Waals surface area contributed by atoms with Gasteiger partial charge < -0.3 is 81.8 Å². The summed E-state index contributed by atoms with van der Waals surface area (Å²) in [5, 5.41) is 24.3. The van der Waals surface area contributed by atoms with Crippen LogP contribution in [0.3, 0.4) is 0 Å². The molecule has 2 aliphatic heterocycles. The maximum Gasteiger partial charge on any atom is 0.411 e. The molecule has 13 atom stereocenters. The van der Waals surface area contributed by atoms with Gasteiger partial charge in [0, 0.05) is 68.9 Å². The van der Waals surface area contributed by atoms with Gasteiger partial charge in [-0.05, 0) is 114 Å². The van der Waals surface area contributed by atoms with Crippen LogP contribution in [0.25, 0.3) is 0 Å². The number of thiazole rings is 1. The number of primary amides is 1. The number of piperidine rings is 1. The summed E-state index contributed by atoms with van der Waals surface area (Å²) in [6, 6.07) is 6.89. The maximum absolute atomic E-state index is 15.1. The van der Waals surface area contributed by atoms with Crippen molar-refractivity contribution in [1.29, 1.82) is 0 Å². The first-order chi connectivity index (χ1) is 48.4. The summed E-state index contributed by atoms with van der Waals surface area (Å²) in [4.78, 5) is 161. The normalized spacial score (nSPS) is 18.9. The molecule has 10 N–H and O–H groups in total. The van der Waals surface area contributed by atoms with Gasteiger partial charge in [-0.2, -0.15) is 0 Å². The number of nitrogens with zero attached hydrogens (tertiary/aromatic N) is 4. The Morgan fingerprint density at radius 2 is 1.54 bits per heavy atom. The summed E-state index contributed by atoms with van der Waals surface area (Å²) >= 11 is 1.46. The number of terminal acetylenes is 1. The molecule has 1 aromatic heterocycles. The van der Waals surface area contributed by atoms with E-state index in [0.717, 1.165) is 10.6 Å². The minimum atomic E-state index is -1.27. The van der Waals surface area contributed by atoms with Crippen LogP contribution in [0.1, 0.15) is 149 Å². The molecule has 29 nitrogen and oxygen atoms in total. The first-order valence-corrected chi connectivity index (χ1v) is 35.8. The molecule has 0 radical (unpaired) electrons. The highest BCUT2D eigenvalue weighted by Gasteiger charge is 2.53. The van der Waals surface area contributed by atoms with E-state index in [1.165, 1.54) is 41.5 Å². The van der Waals surface area contributed by atoms with Crippen LogP contribution in [0.15, 0.2) is 60.1 Å². The second-order valence-electron chi connectivity index (χ2n) is 28.0. The minimum Gasteiger partial charge on any atom is -0.444 e. The number of hydrogen-bond donors (Lipinski definition) is 9. The zero-order valence-corrected chi connectivity index (χ0v) is 61.7. The number of ether oxygens (including phenoxy) is 5. The third kappa shape index (κ3) is 23.2. The number of aromatic nitrogens is 1. The molecule has 1 saturated carbocycles. The fraction of sp³-hybridized carbons (Fsp3) is 0.611. The average molecular weight is 1440 g/mol. The number of nitrogens with two attached hydrogens (primary N) is 1. The first-order valence-electron chi connectivity index (χ1n) is 34.9. The van der Waals surface area contributed by atoms with E-state index in [0.29, 0.717) is 51.5 Å². The van der Waals surface area contributed by atoms with Gasteiger partial charge in [-0.1, -0.05) is 97.2 Å². The van der Waals surface area contributed by atoms with Gasteiger partial charge in [-0.15, -0.1) is 17.8 Å². The van der Waals surface area contributed by atoms with Crippen molar-refractivity contribution >= 4 is 88.4 Å². The number of benzene rings is 2. The Morgan fingerprint density at radius 1 is 0.824 bits per heavy atom. The standard InChI is InChI=1S/C72H105N13O16S/c1-15-33-99-69(94)76-39-55(86)78-51-37-48(77-63(89)50(24-20-30-75-68(73)93)79-64(90)57(41(3)4)82-70(95)101-72(9,10)11)28-26-47(51)40-100-71(96)85-49-29-27-46(36-49)60(85)65(91)81-58(42(5)6)67(92)83(12)59(43(7)16-2)54(97-13)38-56(87)84-32-21-25-53(84)61(98-14)44(8)62(88)80-52(66-74-31-34-102-66)35-45-22-18-17-19-23-45/h1,17-19,22-23,26,28,31,34,37,41-44,46,49-50,52-54,57-61H,16,20-21,24-25,27,29-30,32-33,35-36,38-40H2,2-14H3,(H,76,94)(H,77,89)(H,78,86)(H,79,90)(H,80,88)(H,81,91)(H,82,95)(H3,73,75,93)/t43-,44+,46-,49+,50-,52-,53-,54+,57-,58-,59-,60-,61+/m0/s1. The van der Waals surface area contributed by atoms with Crippen molar-refractivity contribution < 1.29 is 76.4 Å². The molecule has 12 amide bonds. The molecule has 102 heavy (non-hydrogen) atoms. The highest BCUT2D eigenvalue weighted by molar-refractivity contribution is 7.09. The molecule has 0 spiro atoms. The van der Waals surface area contributed by atoms with E-state index in [1.54, 1.807) is 85.5 Å². The summed E-state index contributed by atoms with van der Waals surface area (Å²) in [6.45, 7) is 16.7. The van der Waals surface area contributed by atoms with E-state index in [4.69, 9.17) is 35.8 Å². The van der Waals surface area contributed by atoms with Crippen molar-refractivity contribution in [2.45, 2.75) is 206 Å². The third-order valence-electron chi connectivity index (χ3n) is 18.8. The zero-order chi connectivity index (χ0) is 75.1. The molecule has 3 heterocycles. The highest BCUT2D eigenvalue weighted by atomic mass is 32.1. The number of anilines is 2. The quantitative estimate of drug-likeness (QED) is 0.0172. The van der Waals surface area contributed by atoms with E-state index in [-0.39, 0.29) is 79.0 Å². The first kappa shape index (κ1) is 81.9. The maximum atomic E-state index is 15.1. The van der Waals surface area contributed by atoms with Crippen molar-refractivity contribution in [2.24, 2.45) is 35.3 Å². The van der Waals surface area contributed by atoms with Gasteiger partial charge >= 0.3 is 24.3 Å². The van der Waals surface area contributed by atoms with Gasteiger partial charge in [-0.25, -0.2) is 24.2 Å². The lowest BCUT2D eigenvalue weighted by molar-refractivity contribution is -0.148. The van der Waals surface area contributed by atoms with Gasteiger partial charge in [0.2, 0.25) is 41.4 Å². The van der Waals surface area contributed by atoms with Crippen LogP contribution < -0.4 is 48.3 Å². The number of hydrogen-bond acceptors (Lipinski definition) is 18. The number of alkyl carbamates (subject to hydrolysis) is 2. The van der Waals surface area contributed by atoms with Gasteiger partial charge in [0.05, 0.1) is 42.7 Å². The predicted molar refractivity (Wildman–Crippen MR) is 382 cm³/mol. The smallest absolute Gasteiger partial charge is 0.411 e. The van der Waals surface area contributed by atoms with Crippen LogP contribution >= 0.6 is 11.3 Å². The molecule has 3 aromatic rings. The lowest BCUT2D eigenvalue weighted by atomic mass is 9.89. The van der Waals surface area contributed by atoms with Crippen molar-refractivity contribution in [3.8, 4) is 12.3 Å². The second kappa shape index (κ2) is 38.8. The van der Waals surface area contributed by atoms with E-state index in [1.807, 2.05) is 49.6 Å². The monoisotopic (exact) mass is 1440 g/mol. The Bertz CT molecular complexity index is 3400. The molecule has 3 fully saturated rings. The highest BCUT2D eigenvalue weighted by Crippen LogP contribution is 2.43. The number of urea groups is 1. The van der Waals surface area contributed by atoms with E-state index in [9.17, 15) is 47.9 Å². The molecule has 0 unspecified atom stereocenters. The molecular formula is C72H105N13O16S. The average Bonchev–Trinajstić information content (AvgIpc) is 1.60. The number of amides is 12. The van der Waals surface area contributed by atoms with Crippen molar-refractivity contribution in [3.63, 3.8) is 0 Å². The number of rotatable bonds is 35. The van der Waals surface area contributed by atoms with Crippen LogP contribution in [0.2, 0.25) is 0 Å². The topological polar surface area (TPSA) is 379 Å². The Hall–Kier alpha value is -9.08. The number of carbonyl (C=O) groups excluding carboxylic acids is 11. The number of nitrogens with one attached hydrogen (secondary N) is 8.